The van der Waals surface area contributed by atoms with Crippen molar-refractivity contribution in [2.24, 2.45) is 11.8 Å². The average Bonchev–Trinajstić information content (AvgIpc) is 2.51. The van der Waals surface area contributed by atoms with Crippen LogP contribution in [-0.2, 0) is 0 Å². The molecule has 0 N–H and O–H groups in total. The summed E-state index contributed by atoms with van der Waals surface area (Å²) in [6.45, 7) is 4.84. The van der Waals surface area contributed by atoms with Crippen LogP contribution >= 0.6 is 9.24 Å². The van der Waals surface area contributed by atoms with Gasteiger partial charge in [-0.2, -0.15) is 0 Å². The number of rotatable bonds is 3. The molecule has 3 rings (SSSR count). The van der Waals surface area contributed by atoms with E-state index in [0.717, 1.165) is 17.9 Å². The summed E-state index contributed by atoms with van der Waals surface area (Å²) in [6, 6.07) is 1.34. The van der Waals surface area contributed by atoms with Crippen LogP contribution in [0.4, 0.5) is 0 Å². The molecular weight excluding hydrogens is 285 g/mol. The van der Waals surface area contributed by atoms with Crippen molar-refractivity contribution in [1.29, 1.82) is 0 Å². The lowest BCUT2D eigenvalue weighted by Gasteiger charge is -2.45. The Morgan fingerprint density at radius 3 is 2.55 bits per heavy atom. The predicted octanol–water partition coefficient (Wildman–Crippen LogP) is 5.66. The fraction of sp³-hybridized carbons (Fsp3) is 0.700. The predicted molar refractivity (Wildman–Crippen MR) is 99.7 cm³/mol. The van der Waals surface area contributed by atoms with Gasteiger partial charge >= 0.3 is 0 Å². The first-order valence-electron chi connectivity index (χ1n) is 9.24. The molecule has 1 saturated carbocycles. The minimum Gasteiger partial charge on any atom is -0.365 e. The van der Waals surface area contributed by atoms with E-state index >= 15 is 0 Å². The summed E-state index contributed by atoms with van der Waals surface area (Å²) < 4.78 is 0. The van der Waals surface area contributed by atoms with E-state index in [1.54, 1.807) is 5.70 Å². The van der Waals surface area contributed by atoms with Crippen LogP contribution in [0.3, 0.4) is 0 Å². The highest BCUT2D eigenvalue weighted by molar-refractivity contribution is 7.22. The SMILES string of the molecule is CC1CC=C(N(C2C=CC(P)=CC2)C2CCCC(C)C2)CC1. The smallest absolute Gasteiger partial charge is 0.0511 e. The molecule has 0 spiro atoms. The zero-order valence-corrected chi connectivity index (χ0v) is 15.5. The van der Waals surface area contributed by atoms with Crippen molar-refractivity contribution in [3.8, 4) is 0 Å². The first kappa shape index (κ1) is 16.3. The Bertz CT molecular complexity index is 476. The van der Waals surface area contributed by atoms with Crippen molar-refractivity contribution in [3.05, 3.63) is 35.3 Å². The van der Waals surface area contributed by atoms with Gasteiger partial charge in [0.25, 0.3) is 0 Å². The van der Waals surface area contributed by atoms with Gasteiger partial charge in [0.05, 0.1) is 6.04 Å². The molecule has 122 valence electrons. The van der Waals surface area contributed by atoms with Crippen molar-refractivity contribution in [2.75, 3.05) is 0 Å². The number of allylic oxidation sites excluding steroid dienone is 4. The Balaban J connectivity index is 1.80. The van der Waals surface area contributed by atoms with Crippen molar-refractivity contribution < 1.29 is 0 Å². The normalized spacial score (nSPS) is 35.8. The minimum atomic E-state index is 0.583. The molecule has 3 aliphatic carbocycles. The second-order valence-corrected chi connectivity index (χ2v) is 8.44. The summed E-state index contributed by atoms with van der Waals surface area (Å²) in [5.41, 5.74) is 1.65. The summed E-state index contributed by atoms with van der Waals surface area (Å²) in [5, 5.41) is 1.35. The van der Waals surface area contributed by atoms with Gasteiger partial charge < -0.3 is 4.90 Å². The van der Waals surface area contributed by atoms with Crippen LogP contribution in [0.25, 0.3) is 0 Å². The number of hydrogen-bond donors (Lipinski definition) is 0. The third-order valence-corrected chi connectivity index (χ3v) is 6.17. The Hall–Kier alpha value is -0.550. The van der Waals surface area contributed by atoms with E-state index in [4.69, 9.17) is 0 Å². The quantitative estimate of drug-likeness (QED) is 0.607. The van der Waals surface area contributed by atoms with Crippen LogP contribution in [0.15, 0.2) is 35.3 Å². The van der Waals surface area contributed by atoms with E-state index in [9.17, 15) is 0 Å². The van der Waals surface area contributed by atoms with Gasteiger partial charge in [0, 0.05) is 11.7 Å². The molecule has 5 unspecified atom stereocenters. The van der Waals surface area contributed by atoms with Gasteiger partial charge in [0.2, 0.25) is 0 Å². The van der Waals surface area contributed by atoms with E-state index in [-0.39, 0.29) is 0 Å². The second-order valence-electron chi connectivity index (χ2n) is 7.77. The molecule has 0 radical (unpaired) electrons. The van der Waals surface area contributed by atoms with Gasteiger partial charge in [-0.25, -0.2) is 0 Å². The molecule has 0 heterocycles. The Morgan fingerprint density at radius 2 is 1.91 bits per heavy atom. The molecule has 0 aromatic carbocycles. The van der Waals surface area contributed by atoms with E-state index in [1.165, 1.54) is 56.7 Å². The molecule has 0 bridgehead atoms. The van der Waals surface area contributed by atoms with Crippen LogP contribution in [0.2, 0.25) is 0 Å². The van der Waals surface area contributed by atoms with Crippen LogP contribution in [-0.4, -0.2) is 17.0 Å². The highest BCUT2D eigenvalue weighted by Gasteiger charge is 2.31. The maximum Gasteiger partial charge on any atom is 0.0511 e. The average molecular weight is 317 g/mol. The largest absolute Gasteiger partial charge is 0.365 e. The lowest BCUT2D eigenvalue weighted by molar-refractivity contribution is 0.136. The molecule has 1 fully saturated rings. The van der Waals surface area contributed by atoms with E-state index in [2.05, 4.69) is 52.3 Å². The van der Waals surface area contributed by atoms with Crippen LogP contribution < -0.4 is 0 Å². The summed E-state index contributed by atoms with van der Waals surface area (Å²) in [4.78, 5) is 2.83. The molecule has 0 aliphatic heterocycles. The molecule has 3 aliphatic rings. The van der Waals surface area contributed by atoms with Crippen LogP contribution in [0, 0.1) is 11.8 Å². The number of nitrogens with zero attached hydrogens (tertiary/aromatic N) is 1. The van der Waals surface area contributed by atoms with Crippen molar-refractivity contribution in [2.45, 2.75) is 77.3 Å². The topological polar surface area (TPSA) is 3.24 Å². The fourth-order valence-corrected chi connectivity index (χ4v) is 4.64. The zero-order valence-electron chi connectivity index (χ0n) is 14.3. The highest BCUT2D eigenvalue weighted by atomic mass is 31.0. The third kappa shape index (κ3) is 3.85. The monoisotopic (exact) mass is 317 g/mol. The first-order chi connectivity index (χ1) is 10.6. The zero-order chi connectivity index (χ0) is 15.5. The Kier molecular flexibility index (Phi) is 5.45. The van der Waals surface area contributed by atoms with Crippen LogP contribution in [0.5, 0.6) is 0 Å². The van der Waals surface area contributed by atoms with E-state index in [1.807, 2.05) is 0 Å². The molecule has 0 amide bonds. The number of hydrogen-bond acceptors (Lipinski definition) is 1. The van der Waals surface area contributed by atoms with Gasteiger partial charge in [0.15, 0.2) is 0 Å². The summed E-state index contributed by atoms with van der Waals surface area (Å²) >= 11 is 0. The van der Waals surface area contributed by atoms with Gasteiger partial charge in [0.1, 0.15) is 0 Å². The van der Waals surface area contributed by atoms with Gasteiger partial charge in [-0.3, -0.25) is 0 Å². The molecule has 0 saturated heterocycles. The summed E-state index contributed by atoms with van der Waals surface area (Å²) in [7, 11) is 2.84. The Labute approximate surface area is 139 Å². The van der Waals surface area contributed by atoms with Gasteiger partial charge in [-0.15, -0.1) is 9.24 Å². The maximum absolute atomic E-state index is 2.84. The van der Waals surface area contributed by atoms with Crippen LogP contribution in [0.1, 0.15) is 65.2 Å². The highest BCUT2D eigenvalue weighted by Crippen LogP contribution is 2.36. The molecule has 1 nitrogen and oxygen atoms in total. The van der Waals surface area contributed by atoms with E-state index in [0.29, 0.717) is 6.04 Å². The van der Waals surface area contributed by atoms with Crippen molar-refractivity contribution in [1.82, 2.24) is 4.90 Å². The van der Waals surface area contributed by atoms with Gasteiger partial charge in [-0.05, 0) is 55.7 Å². The standard InChI is InChI=1S/C20H32NP/c1-15-6-8-17(9-7-15)21(18-10-12-20(22)13-11-18)19-5-3-4-16(2)14-19/h8,10,12-13,15-16,18-19H,3-7,9,11,14,22H2,1-2H3. The first-order valence-corrected chi connectivity index (χ1v) is 9.82. The molecule has 22 heavy (non-hydrogen) atoms. The van der Waals surface area contributed by atoms with Gasteiger partial charge in [-0.1, -0.05) is 51.0 Å². The van der Waals surface area contributed by atoms with E-state index < -0.39 is 0 Å². The lowest BCUT2D eigenvalue weighted by atomic mass is 9.83. The molecule has 2 heteroatoms. The molecule has 0 aromatic heterocycles. The summed E-state index contributed by atoms with van der Waals surface area (Å²) in [5.74, 6) is 1.76. The van der Waals surface area contributed by atoms with Crippen molar-refractivity contribution >= 4 is 9.24 Å². The minimum absolute atomic E-state index is 0.583. The molecular formula is C20H32NP. The third-order valence-electron chi connectivity index (χ3n) is 5.75. The Morgan fingerprint density at radius 1 is 1.05 bits per heavy atom. The second kappa shape index (κ2) is 7.35. The molecule has 5 atom stereocenters. The van der Waals surface area contributed by atoms with Crippen molar-refractivity contribution in [3.63, 3.8) is 0 Å². The summed E-state index contributed by atoms with van der Waals surface area (Å²) in [6.07, 6.45) is 20.4. The lowest BCUT2D eigenvalue weighted by Crippen LogP contribution is -2.44. The fourth-order valence-electron chi connectivity index (χ4n) is 4.39. The molecule has 0 aromatic rings. The maximum atomic E-state index is 2.84.